The molecule has 2 amide bonds. The number of carbonyl (C=O) groups excluding carboxylic acids is 2. The Bertz CT molecular complexity index is 863. The molecular formula is C22H24F3N3O2. The Balaban J connectivity index is 1.45. The lowest BCUT2D eigenvalue weighted by Crippen LogP contribution is -2.44. The first kappa shape index (κ1) is 21.7. The second-order valence-electron chi connectivity index (χ2n) is 7.30. The molecule has 1 aliphatic heterocycles. The number of carbonyl (C=O) groups is 2. The summed E-state index contributed by atoms with van der Waals surface area (Å²) in [7, 11) is 0. The van der Waals surface area contributed by atoms with Crippen molar-refractivity contribution in [1.29, 1.82) is 0 Å². The van der Waals surface area contributed by atoms with Crippen molar-refractivity contribution < 1.29 is 22.8 Å². The van der Waals surface area contributed by atoms with Crippen LogP contribution in [0.4, 0.5) is 18.9 Å². The summed E-state index contributed by atoms with van der Waals surface area (Å²) in [5.41, 5.74) is 4.83. The van der Waals surface area contributed by atoms with E-state index < -0.39 is 11.7 Å². The topological polar surface area (TPSA) is 61.4 Å². The minimum absolute atomic E-state index is 0.0509. The van der Waals surface area contributed by atoms with Gasteiger partial charge in [-0.05, 0) is 37.0 Å². The highest BCUT2D eigenvalue weighted by atomic mass is 19.4. The van der Waals surface area contributed by atoms with Crippen LogP contribution in [0.3, 0.4) is 0 Å². The van der Waals surface area contributed by atoms with Gasteiger partial charge in [-0.15, -0.1) is 0 Å². The number of aryl methyl sites for hydroxylation is 1. The van der Waals surface area contributed by atoms with Crippen molar-refractivity contribution in [3.8, 4) is 0 Å². The van der Waals surface area contributed by atoms with E-state index in [1.54, 1.807) is 4.90 Å². The maximum absolute atomic E-state index is 13.0. The second kappa shape index (κ2) is 9.65. The lowest BCUT2D eigenvalue weighted by Gasteiger charge is -2.31. The van der Waals surface area contributed by atoms with Gasteiger partial charge in [-0.1, -0.05) is 42.5 Å². The molecule has 30 heavy (non-hydrogen) atoms. The largest absolute Gasteiger partial charge is 0.418 e. The third kappa shape index (κ3) is 5.75. The molecule has 3 rings (SSSR count). The van der Waals surface area contributed by atoms with Crippen LogP contribution in [0.1, 0.15) is 30.4 Å². The number of hydrogen-bond acceptors (Lipinski definition) is 3. The van der Waals surface area contributed by atoms with E-state index in [0.29, 0.717) is 38.8 Å². The number of halogens is 3. The third-order valence-electron chi connectivity index (χ3n) is 5.24. The molecule has 0 aliphatic carbocycles. The predicted molar refractivity (Wildman–Crippen MR) is 107 cm³/mol. The lowest BCUT2D eigenvalue weighted by atomic mass is 9.95. The van der Waals surface area contributed by atoms with E-state index in [4.69, 9.17) is 0 Å². The number of para-hydroxylation sites is 1. The van der Waals surface area contributed by atoms with Crippen LogP contribution in [0.25, 0.3) is 0 Å². The van der Waals surface area contributed by atoms with Gasteiger partial charge in [0.2, 0.25) is 11.8 Å². The minimum Gasteiger partial charge on any atom is -0.343 e. The van der Waals surface area contributed by atoms with E-state index in [0.717, 1.165) is 11.6 Å². The Morgan fingerprint density at radius 3 is 2.27 bits per heavy atom. The van der Waals surface area contributed by atoms with Gasteiger partial charge in [-0.3, -0.25) is 20.4 Å². The molecule has 0 bridgehead atoms. The van der Waals surface area contributed by atoms with Gasteiger partial charge in [-0.2, -0.15) is 13.2 Å². The number of nitrogens with one attached hydrogen (secondary N) is 2. The number of anilines is 1. The van der Waals surface area contributed by atoms with Crippen molar-refractivity contribution >= 4 is 17.5 Å². The lowest BCUT2D eigenvalue weighted by molar-refractivity contribution is -0.137. The number of piperidine rings is 1. The van der Waals surface area contributed by atoms with Crippen LogP contribution in [-0.4, -0.2) is 29.8 Å². The number of alkyl halides is 3. The van der Waals surface area contributed by atoms with Crippen LogP contribution in [0, 0.1) is 5.92 Å². The average Bonchev–Trinajstić information content (AvgIpc) is 2.76. The zero-order valence-corrected chi connectivity index (χ0v) is 16.4. The second-order valence-corrected chi connectivity index (χ2v) is 7.30. The molecule has 0 saturated carbocycles. The molecule has 8 heteroatoms. The van der Waals surface area contributed by atoms with Crippen molar-refractivity contribution in [2.75, 3.05) is 18.5 Å². The molecule has 1 fully saturated rings. The maximum atomic E-state index is 13.0. The SMILES string of the molecule is O=C(NNc1ccccc1C(F)(F)F)C1CCN(C(=O)CCc2ccccc2)CC1. The summed E-state index contributed by atoms with van der Waals surface area (Å²) in [5, 5.41) is 0. The van der Waals surface area contributed by atoms with E-state index >= 15 is 0 Å². The van der Waals surface area contributed by atoms with Gasteiger partial charge < -0.3 is 4.90 Å². The average molecular weight is 419 g/mol. The molecule has 0 aromatic heterocycles. The number of rotatable bonds is 6. The Labute approximate surface area is 173 Å². The standard InChI is InChI=1S/C22H24F3N3O2/c23-22(24,25)18-8-4-5-9-19(18)26-27-21(30)17-12-14-28(15-13-17)20(29)11-10-16-6-2-1-3-7-16/h1-9,17,26H,10-15H2,(H,27,30). The van der Waals surface area contributed by atoms with Crippen LogP contribution in [-0.2, 0) is 22.2 Å². The van der Waals surface area contributed by atoms with Gasteiger partial charge in [0.25, 0.3) is 0 Å². The number of hydrazine groups is 1. The molecule has 0 unspecified atom stereocenters. The first-order valence-corrected chi connectivity index (χ1v) is 9.88. The van der Waals surface area contributed by atoms with E-state index in [2.05, 4.69) is 10.9 Å². The Kier molecular flexibility index (Phi) is 6.97. The Hall–Kier alpha value is -3.03. The molecule has 0 atom stereocenters. The molecule has 2 N–H and O–H groups in total. The molecule has 0 spiro atoms. The molecule has 1 aliphatic rings. The van der Waals surface area contributed by atoms with Gasteiger partial charge in [0.1, 0.15) is 0 Å². The normalized spacial score (nSPS) is 15.0. The van der Waals surface area contributed by atoms with Crippen LogP contribution in [0.5, 0.6) is 0 Å². The van der Waals surface area contributed by atoms with Gasteiger partial charge in [0.15, 0.2) is 0 Å². The molecule has 2 aromatic rings. The summed E-state index contributed by atoms with van der Waals surface area (Å²) in [6.07, 6.45) is -2.48. The van der Waals surface area contributed by atoms with Crippen LogP contribution < -0.4 is 10.9 Å². The highest BCUT2D eigenvalue weighted by molar-refractivity contribution is 5.81. The fourth-order valence-corrected chi connectivity index (χ4v) is 3.52. The Morgan fingerprint density at radius 1 is 0.967 bits per heavy atom. The highest BCUT2D eigenvalue weighted by Gasteiger charge is 2.33. The van der Waals surface area contributed by atoms with E-state index in [1.165, 1.54) is 18.2 Å². The van der Waals surface area contributed by atoms with Crippen molar-refractivity contribution in [1.82, 2.24) is 10.3 Å². The number of likely N-dealkylation sites (tertiary alicyclic amines) is 1. The summed E-state index contributed by atoms with van der Waals surface area (Å²) in [5.74, 6) is -0.674. The minimum atomic E-state index is -4.51. The first-order chi connectivity index (χ1) is 14.3. The summed E-state index contributed by atoms with van der Waals surface area (Å²) >= 11 is 0. The van der Waals surface area contributed by atoms with Crippen LogP contribution in [0.15, 0.2) is 54.6 Å². The summed E-state index contributed by atoms with van der Waals surface area (Å²) in [4.78, 5) is 26.5. The number of hydrogen-bond donors (Lipinski definition) is 2. The zero-order valence-electron chi connectivity index (χ0n) is 16.4. The molecule has 0 radical (unpaired) electrons. The summed E-state index contributed by atoms with van der Waals surface area (Å²) in [6, 6.07) is 14.7. The fraction of sp³-hybridized carbons (Fsp3) is 0.364. The predicted octanol–water partition coefficient (Wildman–Crippen LogP) is 4.02. The van der Waals surface area contributed by atoms with Gasteiger partial charge in [0.05, 0.1) is 11.3 Å². The van der Waals surface area contributed by atoms with E-state index in [9.17, 15) is 22.8 Å². The third-order valence-corrected chi connectivity index (χ3v) is 5.24. The quantitative estimate of drug-likeness (QED) is 0.696. The molecule has 1 saturated heterocycles. The first-order valence-electron chi connectivity index (χ1n) is 9.88. The molecule has 2 aromatic carbocycles. The van der Waals surface area contributed by atoms with Crippen molar-refractivity contribution in [3.05, 3.63) is 65.7 Å². The number of benzene rings is 2. The summed E-state index contributed by atoms with van der Waals surface area (Å²) in [6.45, 7) is 0.926. The van der Waals surface area contributed by atoms with Crippen molar-refractivity contribution in [2.45, 2.75) is 31.9 Å². The number of nitrogens with zero attached hydrogens (tertiary/aromatic N) is 1. The monoisotopic (exact) mass is 419 g/mol. The van der Waals surface area contributed by atoms with E-state index in [-0.39, 0.29) is 23.4 Å². The maximum Gasteiger partial charge on any atom is 0.418 e. The van der Waals surface area contributed by atoms with E-state index in [1.807, 2.05) is 30.3 Å². The van der Waals surface area contributed by atoms with Crippen LogP contribution >= 0.6 is 0 Å². The number of amides is 2. The molecule has 1 heterocycles. The highest BCUT2D eigenvalue weighted by Crippen LogP contribution is 2.34. The van der Waals surface area contributed by atoms with Gasteiger partial charge >= 0.3 is 6.18 Å². The van der Waals surface area contributed by atoms with Gasteiger partial charge in [0, 0.05) is 25.4 Å². The molecule has 5 nitrogen and oxygen atoms in total. The molecular weight excluding hydrogens is 395 g/mol. The van der Waals surface area contributed by atoms with Crippen LogP contribution in [0.2, 0.25) is 0 Å². The molecule has 160 valence electrons. The van der Waals surface area contributed by atoms with Gasteiger partial charge in [-0.25, -0.2) is 0 Å². The zero-order chi connectivity index (χ0) is 21.6. The Morgan fingerprint density at radius 2 is 1.60 bits per heavy atom. The summed E-state index contributed by atoms with van der Waals surface area (Å²) < 4.78 is 39.1. The smallest absolute Gasteiger partial charge is 0.343 e. The fourth-order valence-electron chi connectivity index (χ4n) is 3.52. The van der Waals surface area contributed by atoms with Crippen molar-refractivity contribution in [2.24, 2.45) is 5.92 Å². The van der Waals surface area contributed by atoms with Crippen molar-refractivity contribution in [3.63, 3.8) is 0 Å².